The smallest absolute Gasteiger partial charge is 0.242 e. The average Bonchev–Trinajstić information content (AvgIpc) is 2.74. The highest BCUT2D eigenvalue weighted by Crippen LogP contribution is 2.21. The van der Waals surface area contributed by atoms with E-state index in [1.165, 1.54) is 0 Å². The Bertz CT molecular complexity index is 321. The summed E-state index contributed by atoms with van der Waals surface area (Å²) in [7, 11) is 0. The van der Waals surface area contributed by atoms with Crippen LogP contribution in [-0.4, -0.2) is 55.6 Å². The molecule has 6 heteroatoms. The van der Waals surface area contributed by atoms with E-state index < -0.39 is 11.9 Å². The van der Waals surface area contributed by atoms with Crippen LogP contribution in [0.3, 0.4) is 0 Å². The minimum Gasteiger partial charge on any atom is -0.377 e. The summed E-state index contributed by atoms with van der Waals surface area (Å²) in [5.41, 5.74) is 5.30. The lowest BCUT2D eigenvalue weighted by Gasteiger charge is -2.35. The number of hydrogen-bond donors (Lipinski definition) is 2. The average molecular weight is 241 g/mol. The van der Waals surface area contributed by atoms with Crippen molar-refractivity contribution in [3.63, 3.8) is 0 Å². The van der Waals surface area contributed by atoms with Crippen LogP contribution in [0.1, 0.15) is 6.92 Å². The highest BCUT2D eigenvalue weighted by molar-refractivity contribution is 5.88. The lowest BCUT2D eigenvalue weighted by molar-refractivity contribution is -0.150. The summed E-state index contributed by atoms with van der Waals surface area (Å²) in [6.45, 7) is 4.72. The fraction of sp³-hybridized carbons (Fsp3) is 0.818. The van der Waals surface area contributed by atoms with Crippen molar-refractivity contribution in [1.82, 2.24) is 10.2 Å². The van der Waals surface area contributed by atoms with Crippen molar-refractivity contribution in [2.24, 2.45) is 17.6 Å². The molecule has 2 aliphatic rings. The molecule has 2 aliphatic heterocycles. The van der Waals surface area contributed by atoms with Crippen LogP contribution < -0.4 is 11.1 Å². The van der Waals surface area contributed by atoms with Crippen LogP contribution in [0.2, 0.25) is 0 Å². The first-order chi connectivity index (χ1) is 8.11. The standard InChI is InChI=1S/C11H19N3O3/c1-7-4-13-5-8(7)11(16)14-2-3-17-6-9(14)10(12)15/h7-9,13H,2-6H2,1H3,(H2,12,15)/t7-,8-,9?/m1/s1. The predicted octanol–water partition coefficient (Wildman–Crippen LogP) is -1.45. The van der Waals surface area contributed by atoms with Crippen molar-refractivity contribution in [1.29, 1.82) is 0 Å². The van der Waals surface area contributed by atoms with Crippen LogP contribution >= 0.6 is 0 Å². The van der Waals surface area contributed by atoms with E-state index in [-0.39, 0.29) is 18.4 Å². The Hall–Kier alpha value is -1.14. The number of ether oxygens (including phenoxy) is 1. The molecule has 17 heavy (non-hydrogen) atoms. The van der Waals surface area contributed by atoms with Crippen LogP contribution in [0.25, 0.3) is 0 Å². The molecule has 0 spiro atoms. The van der Waals surface area contributed by atoms with E-state index in [4.69, 9.17) is 10.5 Å². The highest BCUT2D eigenvalue weighted by atomic mass is 16.5. The minimum atomic E-state index is -0.607. The van der Waals surface area contributed by atoms with Gasteiger partial charge in [0.25, 0.3) is 0 Å². The van der Waals surface area contributed by atoms with Gasteiger partial charge in [-0.25, -0.2) is 0 Å². The number of carbonyl (C=O) groups excluding carboxylic acids is 2. The molecule has 2 amide bonds. The van der Waals surface area contributed by atoms with Gasteiger partial charge in [-0.3, -0.25) is 9.59 Å². The normalized spacial score (nSPS) is 33.7. The molecule has 3 N–H and O–H groups in total. The molecule has 0 saturated carbocycles. The van der Waals surface area contributed by atoms with Gasteiger partial charge in [-0.05, 0) is 12.5 Å². The molecule has 6 nitrogen and oxygen atoms in total. The van der Waals surface area contributed by atoms with Crippen molar-refractivity contribution < 1.29 is 14.3 Å². The maximum Gasteiger partial charge on any atom is 0.242 e. The van der Waals surface area contributed by atoms with Crippen molar-refractivity contribution in [3.8, 4) is 0 Å². The molecule has 0 aliphatic carbocycles. The van der Waals surface area contributed by atoms with Crippen LogP contribution in [-0.2, 0) is 14.3 Å². The molecule has 2 rings (SSSR count). The van der Waals surface area contributed by atoms with E-state index in [1.807, 2.05) is 6.92 Å². The van der Waals surface area contributed by atoms with Gasteiger partial charge in [-0.2, -0.15) is 0 Å². The number of rotatable bonds is 2. The Morgan fingerprint density at radius 2 is 2.18 bits per heavy atom. The van der Waals surface area contributed by atoms with Crippen LogP contribution in [0.5, 0.6) is 0 Å². The van der Waals surface area contributed by atoms with Gasteiger partial charge in [0.15, 0.2) is 0 Å². The minimum absolute atomic E-state index is 0.0228. The van der Waals surface area contributed by atoms with Gasteiger partial charge >= 0.3 is 0 Å². The van der Waals surface area contributed by atoms with Crippen molar-refractivity contribution >= 4 is 11.8 Å². The van der Waals surface area contributed by atoms with Crippen molar-refractivity contribution in [3.05, 3.63) is 0 Å². The summed E-state index contributed by atoms with van der Waals surface area (Å²) in [6, 6.07) is -0.607. The number of carbonyl (C=O) groups is 2. The van der Waals surface area contributed by atoms with Gasteiger partial charge < -0.3 is 20.7 Å². The molecule has 1 unspecified atom stereocenters. The molecular formula is C11H19N3O3. The molecule has 0 aromatic rings. The molecule has 96 valence electrons. The fourth-order valence-corrected chi connectivity index (χ4v) is 2.46. The van der Waals surface area contributed by atoms with Crippen molar-refractivity contribution in [2.45, 2.75) is 13.0 Å². The second kappa shape index (κ2) is 5.01. The van der Waals surface area contributed by atoms with E-state index in [0.29, 0.717) is 25.6 Å². The quantitative estimate of drug-likeness (QED) is 0.620. The second-order valence-corrected chi connectivity index (χ2v) is 4.77. The Morgan fingerprint density at radius 1 is 1.41 bits per heavy atom. The highest BCUT2D eigenvalue weighted by Gasteiger charge is 2.38. The van der Waals surface area contributed by atoms with E-state index >= 15 is 0 Å². The summed E-state index contributed by atoms with van der Waals surface area (Å²) in [5.74, 6) is -0.208. The molecule has 0 aromatic heterocycles. The zero-order chi connectivity index (χ0) is 12.4. The Morgan fingerprint density at radius 3 is 2.76 bits per heavy atom. The first-order valence-electron chi connectivity index (χ1n) is 5.99. The molecule has 0 bridgehead atoms. The Labute approximate surface area is 100 Å². The Balaban J connectivity index is 2.08. The largest absolute Gasteiger partial charge is 0.377 e. The van der Waals surface area contributed by atoms with Crippen LogP contribution in [0, 0.1) is 11.8 Å². The lowest BCUT2D eigenvalue weighted by Crippen LogP contribution is -2.56. The molecule has 2 saturated heterocycles. The number of morpholine rings is 1. The number of primary amides is 1. The molecule has 3 atom stereocenters. The van der Waals surface area contributed by atoms with Gasteiger partial charge in [0.05, 0.1) is 19.1 Å². The third-order valence-electron chi connectivity index (χ3n) is 3.57. The summed E-state index contributed by atoms with van der Waals surface area (Å²) < 4.78 is 5.20. The molecule has 0 radical (unpaired) electrons. The number of nitrogens with one attached hydrogen (secondary N) is 1. The first kappa shape index (κ1) is 12.3. The van der Waals surface area contributed by atoms with E-state index in [2.05, 4.69) is 5.32 Å². The van der Waals surface area contributed by atoms with Crippen molar-refractivity contribution in [2.75, 3.05) is 32.8 Å². The van der Waals surface area contributed by atoms with Gasteiger partial charge in [0.2, 0.25) is 11.8 Å². The predicted molar refractivity (Wildman–Crippen MR) is 61.0 cm³/mol. The summed E-state index contributed by atoms with van der Waals surface area (Å²) in [6.07, 6.45) is 0. The number of amides is 2. The van der Waals surface area contributed by atoms with E-state index in [9.17, 15) is 9.59 Å². The maximum atomic E-state index is 12.3. The molecular weight excluding hydrogens is 222 g/mol. The van der Waals surface area contributed by atoms with Gasteiger partial charge in [-0.15, -0.1) is 0 Å². The Kier molecular flexibility index (Phi) is 3.63. The third-order valence-corrected chi connectivity index (χ3v) is 3.57. The fourth-order valence-electron chi connectivity index (χ4n) is 2.46. The number of nitrogens with two attached hydrogens (primary N) is 1. The summed E-state index contributed by atoms with van der Waals surface area (Å²) in [5, 5.41) is 3.19. The number of nitrogens with zero attached hydrogens (tertiary/aromatic N) is 1. The molecule has 2 heterocycles. The molecule has 0 aromatic carbocycles. The lowest BCUT2D eigenvalue weighted by atomic mass is 9.95. The zero-order valence-electron chi connectivity index (χ0n) is 10.0. The monoisotopic (exact) mass is 241 g/mol. The molecule has 2 fully saturated rings. The van der Waals surface area contributed by atoms with Gasteiger partial charge in [-0.1, -0.05) is 6.92 Å². The van der Waals surface area contributed by atoms with E-state index in [1.54, 1.807) is 4.90 Å². The third kappa shape index (κ3) is 2.42. The van der Waals surface area contributed by atoms with Gasteiger partial charge in [0, 0.05) is 13.1 Å². The SMILES string of the molecule is C[C@@H]1CNC[C@H]1C(=O)N1CCOCC1C(N)=O. The second-order valence-electron chi connectivity index (χ2n) is 4.77. The maximum absolute atomic E-state index is 12.3. The number of hydrogen-bond acceptors (Lipinski definition) is 4. The topological polar surface area (TPSA) is 84.7 Å². The van der Waals surface area contributed by atoms with Crippen LogP contribution in [0.15, 0.2) is 0 Å². The van der Waals surface area contributed by atoms with Gasteiger partial charge in [0.1, 0.15) is 6.04 Å². The first-order valence-corrected chi connectivity index (χ1v) is 5.99. The zero-order valence-corrected chi connectivity index (χ0v) is 10.0. The van der Waals surface area contributed by atoms with Crippen LogP contribution in [0.4, 0.5) is 0 Å². The van der Waals surface area contributed by atoms with E-state index in [0.717, 1.165) is 6.54 Å². The summed E-state index contributed by atoms with van der Waals surface area (Å²) in [4.78, 5) is 25.2. The summed E-state index contributed by atoms with van der Waals surface area (Å²) >= 11 is 0.